The van der Waals surface area contributed by atoms with Crippen LogP contribution in [-0.4, -0.2) is 57.6 Å². The molecule has 2 aliphatic rings. The van der Waals surface area contributed by atoms with Crippen molar-refractivity contribution >= 4 is 5.65 Å². The van der Waals surface area contributed by atoms with Crippen LogP contribution in [0.25, 0.3) is 5.65 Å². The summed E-state index contributed by atoms with van der Waals surface area (Å²) in [6, 6.07) is 17.5. The monoisotopic (exact) mass is 362 g/mol. The molecule has 0 bridgehead atoms. The molecule has 2 fully saturated rings. The minimum atomic E-state index is 0.307. The van der Waals surface area contributed by atoms with Crippen molar-refractivity contribution in [2.24, 2.45) is 0 Å². The molecule has 2 aliphatic heterocycles. The van der Waals surface area contributed by atoms with Crippen molar-refractivity contribution in [2.45, 2.75) is 32.2 Å². The van der Waals surface area contributed by atoms with Gasteiger partial charge in [0.2, 0.25) is 0 Å². The number of hydrogen-bond acceptors (Lipinski definition) is 4. The van der Waals surface area contributed by atoms with E-state index in [1.54, 1.807) is 0 Å². The molecular formula is C22H26N4O. The van der Waals surface area contributed by atoms with Crippen LogP contribution in [0.3, 0.4) is 0 Å². The average molecular weight is 362 g/mol. The summed E-state index contributed by atoms with van der Waals surface area (Å²) in [5.41, 5.74) is 4.77. The number of ether oxygens (including phenoxy) is 1. The van der Waals surface area contributed by atoms with Gasteiger partial charge in [0, 0.05) is 44.6 Å². The summed E-state index contributed by atoms with van der Waals surface area (Å²) in [7, 11) is 0. The number of nitrogens with zero attached hydrogens (tertiary/aromatic N) is 4. The van der Waals surface area contributed by atoms with Crippen molar-refractivity contribution in [1.29, 1.82) is 0 Å². The van der Waals surface area contributed by atoms with Gasteiger partial charge in [-0.25, -0.2) is 4.98 Å². The molecule has 1 aromatic carbocycles. The standard InChI is InChI=1S/C22H26N4O/c1-17-6-5-9-22-23-19(14-26(17)22)13-24-15-20-21(16-24)27-11-10-25(20)12-18-7-3-2-4-8-18/h2-9,14,20-21H,10-13,15-16H2,1H3/t20-,21+/m1/s1. The summed E-state index contributed by atoms with van der Waals surface area (Å²) < 4.78 is 8.28. The molecule has 0 aliphatic carbocycles. The van der Waals surface area contributed by atoms with Crippen molar-refractivity contribution < 1.29 is 4.74 Å². The lowest BCUT2D eigenvalue weighted by Crippen LogP contribution is -2.50. The summed E-state index contributed by atoms with van der Waals surface area (Å²) in [5.74, 6) is 0. The lowest BCUT2D eigenvalue weighted by molar-refractivity contribution is -0.0504. The Kier molecular flexibility index (Phi) is 4.44. The third kappa shape index (κ3) is 3.38. The number of hydrogen-bond donors (Lipinski definition) is 0. The third-order valence-electron chi connectivity index (χ3n) is 5.85. The van der Waals surface area contributed by atoms with Crippen LogP contribution >= 0.6 is 0 Å². The Hall–Kier alpha value is -2.21. The SMILES string of the molecule is Cc1cccc2nc(CN3C[C@@H]4OCCN(Cc5ccccc5)[C@@H]4C3)cn12. The van der Waals surface area contributed by atoms with E-state index in [9.17, 15) is 0 Å². The van der Waals surface area contributed by atoms with E-state index >= 15 is 0 Å². The zero-order valence-electron chi connectivity index (χ0n) is 15.8. The van der Waals surface area contributed by atoms with Gasteiger partial charge in [0.25, 0.3) is 0 Å². The second-order valence-corrected chi connectivity index (χ2v) is 7.75. The maximum absolute atomic E-state index is 6.11. The second-order valence-electron chi connectivity index (χ2n) is 7.75. The Morgan fingerprint density at radius 1 is 1.04 bits per heavy atom. The minimum Gasteiger partial charge on any atom is -0.374 e. The molecule has 0 amide bonds. The highest BCUT2D eigenvalue weighted by Crippen LogP contribution is 2.25. The van der Waals surface area contributed by atoms with E-state index in [-0.39, 0.29) is 0 Å². The van der Waals surface area contributed by atoms with Crippen LogP contribution in [0.5, 0.6) is 0 Å². The number of morpholine rings is 1. The molecule has 0 spiro atoms. The van der Waals surface area contributed by atoms with Gasteiger partial charge < -0.3 is 9.14 Å². The van der Waals surface area contributed by atoms with E-state index < -0.39 is 0 Å². The number of aromatic nitrogens is 2. The molecule has 0 radical (unpaired) electrons. The van der Waals surface area contributed by atoms with Crippen LogP contribution < -0.4 is 0 Å². The highest BCUT2D eigenvalue weighted by molar-refractivity contribution is 5.41. The van der Waals surface area contributed by atoms with Crippen LogP contribution in [-0.2, 0) is 17.8 Å². The molecule has 0 N–H and O–H groups in total. The normalized spacial score (nSPS) is 23.7. The first-order valence-corrected chi connectivity index (χ1v) is 9.82. The first kappa shape index (κ1) is 16.9. The van der Waals surface area contributed by atoms with Gasteiger partial charge in [0.15, 0.2) is 0 Å². The number of fused-ring (bicyclic) bond motifs is 2. The molecule has 5 heteroatoms. The predicted octanol–water partition coefficient (Wildman–Crippen LogP) is 2.73. The first-order valence-electron chi connectivity index (χ1n) is 9.82. The van der Waals surface area contributed by atoms with E-state index in [1.807, 2.05) is 0 Å². The molecule has 5 nitrogen and oxygen atoms in total. The molecule has 2 saturated heterocycles. The van der Waals surface area contributed by atoms with Crippen LogP contribution in [0.15, 0.2) is 54.7 Å². The van der Waals surface area contributed by atoms with E-state index in [1.165, 1.54) is 11.3 Å². The Morgan fingerprint density at radius 3 is 2.78 bits per heavy atom. The van der Waals surface area contributed by atoms with E-state index in [0.717, 1.165) is 50.7 Å². The van der Waals surface area contributed by atoms with Gasteiger partial charge in [0.1, 0.15) is 5.65 Å². The second kappa shape index (κ2) is 7.08. The number of benzene rings is 1. The minimum absolute atomic E-state index is 0.307. The lowest BCUT2D eigenvalue weighted by Gasteiger charge is -2.37. The van der Waals surface area contributed by atoms with Crippen molar-refractivity contribution in [3.63, 3.8) is 0 Å². The number of imidazole rings is 1. The Labute approximate surface area is 160 Å². The Balaban J connectivity index is 1.29. The summed E-state index contributed by atoms with van der Waals surface area (Å²) in [5, 5.41) is 0. The predicted molar refractivity (Wildman–Crippen MR) is 106 cm³/mol. The Morgan fingerprint density at radius 2 is 1.93 bits per heavy atom. The summed E-state index contributed by atoms with van der Waals surface area (Å²) >= 11 is 0. The maximum Gasteiger partial charge on any atom is 0.137 e. The van der Waals surface area contributed by atoms with Crippen LogP contribution in [0.4, 0.5) is 0 Å². The van der Waals surface area contributed by atoms with Gasteiger partial charge in [-0.15, -0.1) is 0 Å². The zero-order chi connectivity index (χ0) is 18.2. The van der Waals surface area contributed by atoms with Crippen molar-refractivity contribution in [1.82, 2.24) is 19.2 Å². The fourth-order valence-corrected chi connectivity index (χ4v) is 4.48. The van der Waals surface area contributed by atoms with Gasteiger partial charge in [0.05, 0.1) is 24.4 Å². The Bertz CT molecular complexity index is 922. The third-order valence-corrected chi connectivity index (χ3v) is 5.85. The van der Waals surface area contributed by atoms with E-state index in [2.05, 4.69) is 75.9 Å². The molecule has 0 saturated carbocycles. The number of aryl methyl sites for hydroxylation is 1. The number of rotatable bonds is 4. The maximum atomic E-state index is 6.11. The average Bonchev–Trinajstić information content (AvgIpc) is 3.27. The van der Waals surface area contributed by atoms with Gasteiger partial charge in [-0.1, -0.05) is 36.4 Å². The highest BCUT2D eigenvalue weighted by atomic mass is 16.5. The lowest BCUT2D eigenvalue weighted by atomic mass is 10.1. The summed E-state index contributed by atoms with van der Waals surface area (Å²) in [4.78, 5) is 9.90. The molecule has 2 atom stereocenters. The van der Waals surface area contributed by atoms with Gasteiger partial charge in [-0.2, -0.15) is 0 Å². The zero-order valence-corrected chi connectivity index (χ0v) is 15.8. The molecule has 4 heterocycles. The van der Waals surface area contributed by atoms with Crippen molar-refractivity contribution in [2.75, 3.05) is 26.2 Å². The van der Waals surface area contributed by atoms with Gasteiger partial charge in [-0.05, 0) is 24.6 Å². The quantitative estimate of drug-likeness (QED) is 0.715. The van der Waals surface area contributed by atoms with Crippen LogP contribution in [0, 0.1) is 6.92 Å². The molecular weight excluding hydrogens is 336 g/mol. The van der Waals surface area contributed by atoms with Crippen molar-refractivity contribution in [3.05, 3.63) is 71.7 Å². The molecule has 3 aromatic rings. The molecule has 0 unspecified atom stereocenters. The fourth-order valence-electron chi connectivity index (χ4n) is 4.48. The fraction of sp³-hybridized carbons (Fsp3) is 0.409. The molecule has 5 rings (SSSR count). The molecule has 27 heavy (non-hydrogen) atoms. The smallest absolute Gasteiger partial charge is 0.137 e. The van der Waals surface area contributed by atoms with Crippen molar-refractivity contribution in [3.8, 4) is 0 Å². The van der Waals surface area contributed by atoms with E-state index in [4.69, 9.17) is 9.72 Å². The highest BCUT2D eigenvalue weighted by Gasteiger charge is 2.40. The largest absolute Gasteiger partial charge is 0.374 e. The topological polar surface area (TPSA) is 33.0 Å². The van der Waals surface area contributed by atoms with Gasteiger partial charge in [-0.3, -0.25) is 9.80 Å². The van der Waals surface area contributed by atoms with Gasteiger partial charge >= 0.3 is 0 Å². The van der Waals surface area contributed by atoms with Crippen LogP contribution in [0.2, 0.25) is 0 Å². The number of likely N-dealkylation sites (tertiary alicyclic amines) is 1. The summed E-state index contributed by atoms with van der Waals surface area (Å²) in [6.45, 7) is 7.89. The van der Waals surface area contributed by atoms with E-state index in [0.29, 0.717) is 12.1 Å². The number of pyridine rings is 1. The summed E-state index contributed by atoms with van der Waals surface area (Å²) in [6.07, 6.45) is 2.48. The molecule has 2 aromatic heterocycles. The molecule has 140 valence electrons. The first-order chi connectivity index (χ1) is 13.3. The van der Waals surface area contributed by atoms with Crippen LogP contribution in [0.1, 0.15) is 17.0 Å².